The molecule has 0 bridgehead atoms. The Labute approximate surface area is 350 Å². The van der Waals surface area contributed by atoms with Crippen LogP contribution in [0.5, 0.6) is 0 Å². The molecule has 0 spiro atoms. The van der Waals surface area contributed by atoms with Crippen molar-refractivity contribution in [3.8, 4) is 0 Å². The molecule has 4 aliphatic rings. The lowest BCUT2D eigenvalue weighted by molar-refractivity contribution is -0.111. The number of piperazine rings is 2. The average molecular weight is 907 g/mol. The third-order valence-electron chi connectivity index (χ3n) is 10.9. The van der Waals surface area contributed by atoms with Crippen LogP contribution in [-0.4, -0.2) is 112 Å². The second-order valence-electron chi connectivity index (χ2n) is 14.3. The van der Waals surface area contributed by atoms with Crippen LogP contribution in [0.3, 0.4) is 0 Å². The summed E-state index contributed by atoms with van der Waals surface area (Å²) in [6.07, 6.45) is 5.79. The molecule has 15 heteroatoms. The second-order valence-corrected chi connectivity index (χ2v) is 16.8. The highest BCUT2D eigenvalue weighted by Crippen LogP contribution is 2.46. The zero-order valence-corrected chi connectivity index (χ0v) is 35.7. The van der Waals surface area contributed by atoms with Gasteiger partial charge < -0.3 is 19.7 Å². The topological polar surface area (TPSA) is 96.3 Å². The predicted molar refractivity (Wildman–Crippen MR) is 232 cm³/mol. The molecule has 4 aromatic rings. The largest absolute Gasteiger partial charge is 0.437 e. The van der Waals surface area contributed by atoms with Gasteiger partial charge in [0.05, 0.1) is 23.5 Å². The van der Waals surface area contributed by atoms with E-state index in [1.807, 2.05) is 61.6 Å². The number of carbonyl (C=O) groups excluding carboxylic acids is 1. The smallest absolute Gasteiger partial charge is 0.376 e. The summed E-state index contributed by atoms with van der Waals surface area (Å²) < 4.78 is 1.77. The molecule has 2 unspecified atom stereocenters. The lowest BCUT2D eigenvalue weighted by atomic mass is 9.84. The highest BCUT2D eigenvalue weighted by atomic mass is 79.9. The maximum atomic E-state index is 12.6. The quantitative estimate of drug-likeness (QED) is 0.198. The van der Waals surface area contributed by atoms with E-state index in [0.717, 1.165) is 106 Å². The van der Waals surface area contributed by atoms with Crippen LogP contribution in [0.25, 0.3) is 20.6 Å². The second kappa shape index (κ2) is 17.4. The Morgan fingerprint density at radius 1 is 0.709 bits per heavy atom. The van der Waals surface area contributed by atoms with Crippen molar-refractivity contribution in [1.82, 2.24) is 29.4 Å². The van der Waals surface area contributed by atoms with Gasteiger partial charge in [-0.1, -0.05) is 63.4 Å². The molecule has 2 N–H and O–H groups in total. The average Bonchev–Trinajstić information content (AvgIpc) is 3.36. The number of fused-ring (bicyclic) bond motifs is 4. The highest BCUT2D eigenvalue weighted by molar-refractivity contribution is 9.15. The lowest BCUT2D eigenvalue weighted by Crippen LogP contribution is -2.52. The molecule has 2 aliphatic heterocycles. The van der Waals surface area contributed by atoms with Crippen molar-refractivity contribution in [2.75, 3.05) is 52.4 Å². The van der Waals surface area contributed by atoms with Gasteiger partial charge in [0, 0.05) is 94.9 Å². The minimum atomic E-state index is -0.456. The Kier molecular flexibility index (Phi) is 12.8. The van der Waals surface area contributed by atoms with E-state index in [2.05, 4.69) is 69.5 Å². The normalized spacial score (nSPS) is 20.4. The van der Waals surface area contributed by atoms with E-state index in [4.69, 9.17) is 33.2 Å². The van der Waals surface area contributed by atoms with Crippen molar-refractivity contribution in [1.29, 1.82) is 0 Å². The number of aromatic nitrogens is 2. The molecule has 4 heterocycles. The third kappa shape index (κ3) is 8.48. The lowest BCUT2D eigenvalue weighted by Gasteiger charge is -2.40. The Bertz CT molecular complexity index is 2140. The summed E-state index contributed by atoms with van der Waals surface area (Å²) in [7, 11) is -0.860. The Morgan fingerprint density at radius 2 is 1.20 bits per heavy atom. The minimum absolute atomic E-state index is 0.0187. The standard InChI is InChI=1S/C21H22BBrClN3O2.C19H20BBrClN3O/c1-13(28)18-17-12-14(24)5-6-15(17)21(20-16(19(18)23)4-3-7-25-20)26-8-10-27(11-9-26)22(2)29;1-20(26)25-9-7-24(8-10-25)19-15-5-4-14(22)12-16(15)17(21)11-13-3-2-6-23-18(13)19/h3-7,12,21,29H,8-11H2,1-2H3;2-6,11-12,19,26H,7-10H2,1H3. The van der Waals surface area contributed by atoms with Gasteiger partial charge in [-0.05, 0) is 107 Å². The molecule has 0 saturated carbocycles. The SMILES string of the molecule is CB(O)N1CCN(C2c3ccc(Cl)cc3C(Br)=Cc3cccnc32)CC1.CB(O)N1CCN(C2c3ccc(Cl)cc3C(C(C)=O)=C(Br)c3cccnc32)CC1. The molecule has 2 aliphatic carbocycles. The summed E-state index contributed by atoms with van der Waals surface area (Å²) in [4.78, 5) is 31.1. The molecule has 8 rings (SSSR count). The van der Waals surface area contributed by atoms with Crippen molar-refractivity contribution < 1.29 is 14.8 Å². The number of allylic oxidation sites excluding steroid dienone is 1. The van der Waals surface area contributed by atoms with E-state index in [9.17, 15) is 14.8 Å². The van der Waals surface area contributed by atoms with Gasteiger partial charge in [-0.15, -0.1) is 0 Å². The number of rotatable bonds is 5. The predicted octanol–water partition coefficient (Wildman–Crippen LogP) is 7.48. The number of nitrogens with zero attached hydrogens (tertiary/aromatic N) is 6. The van der Waals surface area contributed by atoms with Crippen molar-refractivity contribution >= 4 is 95.6 Å². The van der Waals surface area contributed by atoms with Gasteiger partial charge >= 0.3 is 14.1 Å². The van der Waals surface area contributed by atoms with Crippen LogP contribution < -0.4 is 0 Å². The zero-order chi connectivity index (χ0) is 39.0. The van der Waals surface area contributed by atoms with E-state index in [0.29, 0.717) is 10.6 Å². The van der Waals surface area contributed by atoms with Crippen LogP contribution in [0.1, 0.15) is 63.8 Å². The fourth-order valence-corrected chi connectivity index (χ4v) is 9.90. The summed E-state index contributed by atoms with van der Waals surface area (Å²) in [5, 5.41) is 21.1. The fourth-order valence-electron chi connectivity index (χ4n) is 8.14. The van der Waals surface area contributed by atoms with E-state index in [1.165, 1.54) is 5.56 Å². The number of benzene rings is 2. The maximum absolute atomic E-state index is 12.6. The number of hydrogen-bond donors (Lipinski definition) is 2. The van der Waals surface area contributed by atoms with Gasteiger partial charge in [0.15, 0.2) is 5.78 Å². The summed E-state index contributed by atoms with van der Waals surface area (Å²) in [5.41, 5.74) is 8.85. The minimum Gasteiger partial charge on any atom is -0.437 e. The molecule has 55 heavy (non-hydrogen) atoms. The maximum Gasteiger partial charge on any atom is 0.376 e. The van der Waals surface area contributed by atoms with Crippen LogP contribution in [0, 0.1) is 0 Å². The first-order chi connectivity index (χ1) is 26.4. The first kappa shape index (κ1) is 40.5. The number of halogens is 4. The van der Waals surface area contributed by atoms with Gasteiger partial charge in [-0.2, -0.15) is 0 Å². The first-order valence-corrected chi connectivity index (χ1v) is 20.9. The molecule has 2 aromatic carbocycles. The van der Waals surface area contributed by atoms with Crippen molar-refractivity contribution in [3.05, 3.63) is 128 Å². The molecular weight excluding hydrogens is 865 g/mol. The Morgan fingerprint density at radius 3 is 1.75 bits per heavy atom. The van der Waals surface area contributed by atoms with E-state index < -0.39 is 14.1 Å². The number of carbonyl (C=O) groups is 1. The van der Waals surface area contributed by atoms with Gasteiger partial charge in [0.1, 0.15) is 0 Å². The fraction of sp³-hybridized carbons (Fsp3) is 0.325. The van der Waals surface area contributed by atoms with Crippen molar-refractivity contribution in [3.63, 3.8) is 0 Å². The summed E-state index contributed by atoms with van der Waals surface area (Å²) in [6, 6.07) is 19.8. The third-order valence-corrected chi connectivity index (χ3v) is 12.9. The number of ketones is 1. The summed E-state index contributed by atoms with van der Waals surface area (Å²) in [6.45, 7) is 11.8. The number of pyridine rings is 2. The van der Waals surface area contributed by atoms with Crippen molar-refractivity contribution in [2.24, 2.45) is 0 Å². The molecule has 9 nitrogen and oxygen atoms in total. The molecule has 2 fully saturated rings. The van der Waals surface area contributed by atoms with Gasteiger partial charge in [-0.3, -0.25) is 24.6 Å². The van der Waals surface area contributed by atoms with Crippen LogP contribution in [0.15, 0.2) is 73.1 Å². The van der Waals surface area contributed by atoms with E-state index >= 15 is 0 Å². The van der Waals surface area contributed by atoms with Gasteiger partial charge in [-0.25, -0.2) is 0 Å². The molecule has 2 aromatic heterocycles. The number of Topliss-reactive ketones (excluding diaryl/α,β-unsaturated/α-hetero) is 1. The Hall–Kier alpha value is -2.68. The van der Waals surface area contributed by atoms with E-state index in [1.54, 1.807) is 19.9 Å². The van der Waals surface area contributed by atoms with Gasteiger partial charge in [0.2, 0.25) is 0 Å². The molecule has 0 radical (unpaired) electrons. The van der Waals surface area contributed by atoms with E-state index in [-0.39, 0.29) is 17.9 Å². The number of hydrogen-bond acceptors (Lipinski definition) is 9. The molecular formula is C40H42B2Br2Cl2N6O3. The molecule has 2 atom stereocenters. The van der Waals surface area contributed by atoms with Crippen molar-refractivity contribution in [2.45, 2.75) is 32.7 Å². The zero-order valence-electron chi connectivity index (χ0n) is 31.0. The van der Waals surface area contributed by atoms with Crippen LogP contribution >= 0.6 is 55.1 Å². The summed E-state index contributed by atoms with van der Waals surface area (Å²) in [5.74, 6) is -0.0187. The van der Waals surface area contributed by atoms with Gasteiger partial charge in [0.25, 0.3) is 0 Å². The molecule has 284 valence electrons. The monoisotopic (exact) mass is 904 g/mol. The summed E-state index contributed by atoms with van der Waals surface area (Å²) >= 11 is 20.0. The van der Waals surface area contributed by atoms with Crippen LogP contribution in [-0.2, 0) is 4.79 Å². The van der Waals surface area contributed by atoms with Crippen LogP contribution in [0.2, 0.25) is 23.7 Å². The van der Waals surface area contributed by atoms with Crippen LogP contribution in [0.4, 0.5) is 0 Å². The molecule has 2 saturated heterocycles. The first-order valence-electron chi connectivity index (χ1n) is 18.5. The molecule has 0 amide bonds. The Balaban J connectivity index is 0.000000170. The highest BCUT2D eigenvalue weighted by Gasteiger charge is 2.37.